The normalized spacial score (nSPS) is 17.1. The highest BCUT2D eigenvalue weighted by atomic mass is 19.4. The number of benzene rings is 1. The van der Waals surface area contributed by atoms with Crippen molar-refractivity contribution in [1.82, 2.24) is 5.32 Å². The van der Waals surface area contributed by atoms with Crippen molar-refractivity contribution in [3.05, 3.63) is 29.8 Å². The van der Waals surface area contributed by atoms with Gasteiger partial charge in [-0.15, -0.1) is 0 Å². The fourth-order valence-electron chi connectivity index (χ4n) is 2.61. The molecule has 0 radical (unpaired) electrons. The van der Waals surface area contributed by atoms with Crippen molar-refractivity contribution >= 4 is 5.91 Å². The lowest BCUT2D eigenvalue weighted by atomic mass is 9.83. The van der Waals surface area contributed by atoms with Gasteiger partial charge in [0.25, 0.3) is 5.91 Å². The Labute approximate surface area is 132 Å². The molecule has 1 amide bonds. The molecule has 0 bridgehead atoms. The Morgan fingerprint density at radius 3 is 2.35 bits per heavy atom. The predicted molar refractivity (Wildman–Crippen MR) is 76.5 cm³/mol. The minimum absolute atomic E-state index is 0.169. The van der Waals surface area contributed by atoms with Crippen LogP contribution in [0.4, 0.5) is 13.2 Å². The first-order valence-electron chi connectivity index (χ1n) is 7.37. The van der Waals surface area contributed by atoms with E-state index in [0.717, 1.165) is 43.5 Å². The van der Waals surface area contributed by atoms with Gasteiger partial charge in [0.15, 0.2) is 6.61 Å². The highest BCUT2D eigenvalue weighted by Gasteiger charge is 2.33. The van der Waals surface area contributed by atoms with Gasteiger partial charge in [0, 0.05) is 0 Å². The Morgan fingerprint density at radius 2 is 1.83 bits per heavy atom. The summed E-state index contributed by atoms with van der Waals surface area (Å²) in [7, 11) is 0. The fourth-order valence-corrected chi connectivity index (χ4v) is 2.61. The SMILES string of the molecule is N#CC1(NC(=O)COc2ccc(C(F)(F)F)cc2)CCCCC1. The Hall–Kier alpha value is -2.23. The molecule has 23 heavy (non-hydrogen) atoms. The lowest BCUT2D eigenvalue weighted by Crippen LogP contribution is -2.50. The molecule has 0 saturated heterocycles. The Kier molecular flexibility index (Phi) is 5.14. The van der Waals surface area contributed by atoms with Gasteiger partial charge in [-0.3, -0.25) is 4.79 Å². The smallest absolute Gasteiger partial charge is 0.416 e. The maximum Gasteiger partial charge on any atom is 0.416 e. The monoisotopic (exact) mass is 326 g/mol. The van der Waals surface area contributed by atoms with E-state index >= 15 is 0 Å². The van der Waals surface area contributed by atoms with Crippen molar-refractivity contribution in [2.75, 3.05) is 6.61 Å². The number of nitriles is 1. The predicted octanol–water partition coefficient (Wildman–Crippen LogP) is 3.43. The van der Waals surface area contributed by atoms with Crippen LogP contribution in [0.2, 0.25) is 0 Å². The zero-order valence-corrected chi connectivity index (χ0v) is 12.4. The molecule has 1 aromatic carbocycles. The average molecular weight is 326 g/mol. The van der Waals surface area contributed by atoms with Gasteiger partial charge in [0.1, 0.15) is 11.3 Å². The summed E-state index contributed by atoms with van der Waals surface area (Å²) in [5.41, 5.74) is -1.63. The molecule has 1 N–H and O–H groups in total. The van der Waals surface area contributed by atoms with Crippen LogP contribution < -0.4 is 10.1 Å². The Morgan fingerprint density at radius 1 is 1.22 bits per heavy atom. The van der Waals surface area contributed by atoms with Crippen molar-refractivity contribution in [3.8, 4) is 11.8 Å². The molecule has 4 nitrogen and oxygen atoms in total. The number of hydrogen-bond acceptors (Lipinski definition) is 3. The summed E-state index contributed by atoms with van der Waals surface area (Å²) in [5.74, 6) is -0.281. The number of rotatable bonds is 4. The second-order valence-corrected chi connectivity index (χ2v) is 5.61. The first-order valence-corrected chi connectivity index (χ1v) is 7.37. The van der Waals surface area contributed by atoms with Gasteiger partial charge < -0.3 is 10.1 Å². The van der Waals surface area contributed by atoms with Gasteiger partial charge in [-0.05, 0) is 37.1 Å². The lowest BCUT2D eigenvalue weighted by Gasteiger charge is -2.31. The van der Waals surface area contributed by atoms with E-state index in [-0.39, 0.29) is 12.4 Å². The lowest BCUT2D eigenvalue weighted by molar-refractivity contribution is -0.137. The number of halogens is 3. The van der Waals surface area contributed by atoms with Crippen molar-refractivity contribution in [2.24, 2.45) is 0 Å². The van der Waals surface area contributed by atoms with Crippen LogP contribution in [0.15, 0.2) is 24.3 Å². The number of alkyl halides is 3. The molecule has 1 aliphatic rings. The van der Waals surface area contributed by atoms with Crippen molar-refractivity contribution in [3.63, 3.8) is 0 Å². The molecule has 0 heterocycles. The van der Waals surface area contributed by atoms with E-state index in [1.54, 1.807) is 0 Å². The summed E-state index contributed by atoms with van der Waals surface area (Å²) in [4.78, 5) is 11.9. The molecular weight excluding hydrogens is 309 g/mol. The molecule has 7 heteroatoms. The first kappa shape index (κ1) is 17.1. The third-order valence-electron chi connectivity index (χ3n) is 3.85. The maximum atomic E-state index is 12.4. The van der Waals surface area contributed by atoms with Crippen molar-refractivity contribution in [1.29, 1.82) is 5.26 Å². The van der Waals surface area contributed by atoms with Gasteiger partial charge in [-0.1, -0.05) is 19.3 Å². The third-order valence-corrected chi connectivity index (χ3v) is 3.85. The standard InChI is InChI=1S/C16H17F3N2O2/c17-16(18,19)12-4-6-13(7-5-12)23-10-14(22)21-15(11-20)8-2-1-3-9-15/h4-7H,1-3,8-10H2,(H,21,22). The highest BCUT2D eigenvalue weighted by Crippen LogP contribution is 2.30. The van der Waals surface area contributed by atoms with Crippen LogP contribution >= 0.6 is 0 Å². The topological polar surface area (TPSA) is 62.1 Å². The number of nitrogens with one attached hydrogen (secondary N) is 1. The molecule has 0 atom stereocenters. The average Bonchev–Trinajstić information content (AvgIpc) is 2.53. The number of nitrogens with zero attached hydrogens (tertiary/aromatic N) is 1. The van der Waals surface area contributed by atoms with Crippen LogP contribution in [0, 0.1) is 11.3 Å². The van der Waals surface area contributed by atoms with Crippen LogP contribution in [0.25, 0.3) is 0 Å². The Bertz CT molecular complexity index is 585. The molecule has 1 aromatic rings. The number of carbonyl (C=O) groups excluding carboxylic acids is 1. The molecule has 0 aliphatic heterocycles. The molecule has 1 aliphatic carbocycles. The van der Waals surface area contributed by atoms with Crippen LogP contribution in [0.3, 0.4) is 0 Å². The number of hydrogen-bond donors (Lipinski definition) is 1. The molecular formula is C16H17F3N2O2. The van der Waals surface area contributed by atoms with Gasteiger partial charge in [-0.2, -0.15) is 18.4 Å². The van der Waals surface area contributed by atoms with Gasteiger partial charge >= 0.3 is 6.18 Å². The molecule has 1 saturated carbocycles. The van der Waals surface area contributed by atoms with E-state index in [2.05, 4.69) is 11.4 Å². The van der Waals surface area contributed by atoms with Crippen molar-refractivity contribution in [2.45, 2.75) is 43.8 Å². The molecule has 124 valence electrons. The minimum atomic E-state index is -4.41. The maximum absolute atomic E-state index is 12.4. The van der Waals surface area contributed by atoms with E-state index in [4.69, 9.17) is 4.74 Å². The molecule has 2 rings (SSSR count). The zero-order chi connectivity index (χ0) is 16.9. The molecule has 1 fully saturated rings. The molecule has 0 aromatic heterocycles. The van der Waals surface area contributed by atoms with E-state index < -0.39 is 23.2 Å². The van der Waals surface area contributed by atoms with Gasteiger partial charge in [-0.25, -0.2) is 0 Å². The second-order valence-electron chi connectivity index (χ2n) is 5.61. The van der Waals surface area contributed by atoms with Crippen LogP contribution in [-0.2, 0) is 11.0 Å². The van der Waals surface area contributed by atoms with E-state index in [9.17, 15) is 23.2 Å². The summed E-state index contributed by atoms with van der Waals surface area (Å²) in [6.45, 7) is -0.338. The van der Waals surface area contributed by atoms with Crippen LogP contribution in [0.5, 0.6) is 5.75 Å². The van der Waals surface area contributed by atoms with E-state index in [1.165, 1.54) is 0 Å². The van der Waals surface area contributed by atoms with Crippen LogP contribution in [0.1, 0.15) is 37.7 Å². The summed E-state index contributed by atoms with van der Waals surface area (Å²) in [5, 5.41) is 12.0. The summed E-state index contributed by atoms with van der Waals surface area (Å²) in [6.07, 6.45) is -0.385. The molecule has 0 unspecified atom stereocenters. The summed E-state index contributed by atoms with van der Waals surface area (Å²) < 4.78 is 42.5. The fraction of sp³-hybridized carbons (Fsp3) is 0.500. The number of carbonyl (C=O) groups is 1. The number of amides is 1. The Balaban J connectivity index is 1.88. The largest absolute Gasteiger partial charge is 0.484 e. The van der Waals surface area contributed by atoms with E-state index in [0.29, 0.717) is 12.8 Å². The summed E-state index contributed by atoms with van der Waals surface area (Å²) >= 11 is 0. The number of ether oxygens (including phenoxy) is 1. The minimum Gasteiger partial charge on any atom is -0.484 e. The van der Waals surface area contributed by atoms with Crippen molar-refractivity contribution < 1.29 is 22.7 Å². The quantitative estimate of drug-likeness (QED) is 0.922. The van der Waals surface area contributed by atoms with E-state index in [1.807, 2.05) is 0 Å². The zero-order valence-electron chi connectivity index (χ0n) is 12.4. The van der Waals surface area contributed by atoms with Gasteiger partial charge in [0.2, 0.25) is 0 Å². The third kappa shape index (κ3) is 4.62. The van der Waals surface area contributed by atoms with Gasteiger partial charge in [0.05, 0.1) is 11.6 Å². The highest BCUT2D eigenvalue weighted by molar-refractivity contribution is 5.78. The molecule has 0 spiro atoms. The second kappa shape index (κ2) is 6.90. The van der Waals surface area contributed by atoms with Crippen LogP contribution in [-0.4, -0.2) is 18.1 Å². The summed E-state index contributed by atoms with van der Waals surface area (Å²) in [6, 6.07) is 6.27. The first-order chi connectivity index (χ1) is 10.8.